The number of aromatic nitrogens is 2. The number of primary amides is 1. The van der Waals surface area contributed by atoms with Crippen LogP contribution < -0.4 is 5.73 Å². The van der Waals surface area contributed by atoms with Crippen molar-refractivity contribution in [3.8, 4) is 11.3 Å². The number of carbonyl (C=O) groups is 1. The lowest BCUT2D eigenvalue weighted by atomic mass is 9.96. The first kappa shape index (κ1) is 17.0. The summed E-state index contributed by atoms with van der Waals surface area (Å²) in [5.74, 6) is -0.0533. The van der Waals surface area contributed by atoms with Gasteiger partial charge < -0.3 is 10.3 Å². The van der Waals surface area contributed by atoms with E-state index in [1.165, 1.54) is 5.57 Å². The molecule has 0 aliphatic carbocycles. The molecule has 0 saturated heterocycles. The SMILES string of the molecule is CC(C)=CCCC(C)c1c(-c2ccccc2)ncn1CC(N)=O. The van der Waals surface area contributed by atoms with Gasteiger partial charge in [0.25, 0.3) is 0 Å². The maximum Gasteiger partial charge on any atom is 0.237 e. The van der Waals surface area contributed by atoms with Crippen LogP contribution in [0.25, 0.3) is 11.3 Å². The fraction of sp³-hybridized carbons (Fsp3) is 0.368. The van der Waals surface area contributed by atoms with Crippen molar-refractivity contribution in [3.63, 3.8) is 0 Å². The molecule has 1 aromatic heterocycles. The second kappa shape index (κ2) is 7.77. The zero-order valence-corrected chi connectivity index (χ0v) is 14.1. The average Bonchev–Trinajstić information content (AvgIpc) is 2.90. The normalized spacial score (nSPS) is 12.0. The summed E-state index contributed by atoms with van der Waals surface area (Å²) in [6, 6.07) is 10.1. The third kappa shape index (κ3) is 4.55. The summed E-state index contributed by atoms with van der Waals surface area (Å²) < 4.78 is 1.89. The lowest BCUT2D eigenvalue weighted by molar-refractivity contribution is -0.118. The Bertz CT molecular complexity index is 682. The Kier molecular flexibility index (Phi) is 5.74. The van der Waals surface area contributed by atoms with E-state index in [9.17, 15) is 4.79 Å². The zero-order valence-electron chi connectivity index (χ0n) is 14.1. The van der Waals surface area contributed by atoms with Gasteiger partial charge in [0.05, 0.1) is 12.0 Å². The predicted molar refractivity (Wildman–Crippen MR) is 93.9 cm³/mol. The van der Waals surface area contributed by atoms with Crippen LogP contribution in [0.15, 0.2) is 48.3 Å². The van der Waals surface area contributed by atoms with Crippen LogP contribution in [0.2, 0.25) is 0 Å². The molecule has 0 aliphatic rings. The largest absolute Gasteiger partial charge is 0.368 e. The van der Waals surface area contributed by atoms with E-state index >= 15 is 0 Å². The quantitative estimate of drug-likeness (QED) is 0.789. The van der Waals surface area contributed by atoms with Crippen molar-refractivity contribution in [1.82, 2.24) is 9.55 Å². The number of allylic oxidation sites excluding steroid dienone is 2. The third-order valence-corrected chi connectivity index (χ3v) is 3.87. The molecule has 0 spiro atoms. The maximum absolute atomic E-state index is 11.4. The van der Waals surface area contributed by atoms with Gasteiger partial charge in [-0.2, -0.15) is 0 Å². The highest BCUT2D eigenvalue weighted by Crippen LogP contribution is 2.31. The van der Waals surface area contributed by atoms with Gasteiger partial charge in [-0.1, -0.05) is 48.9 Å². The van der Waals surface area contributed by atoms with Gasteiger partial charge in [0, 0.05) is 11.3 Å². The monoisotopic (exact) mass is 311 g/mol. The summed E-state index contributed by atoms with van der Waals surface area (Å²) in [6.45, 7) is 6.57. The van der Waals surface area contributed by atoms with Crippen molar-refractivity contribution in [3.05, 3.63) is 54.0 Å². The highest BCUT2D eigenvalue weighted by molar-refractivity contribution is 5.74. The van der Waals surface area contributed by atoms with E-state index < -0.39 is 0 Å². The van der Waals surface area contributed by atoms with Crippen LogP contribution in [-0.2, 0) is 11.3 Å². The summed E-state index contributed by atoms with van der Waals surface area (Å²) in [4.78, 5) is 15.9. The van der Waals surface area contributed by atoms with Crippen molar-refractivity contribution in [2.24, 2.45) is 5.73 Å². The minimum atomic E-state index is -0.347. The Morgan fingerprint density at radius 1 is 1.30 bits per heavy atom. The van der Waals surface area contributed by atoms with E-state index in [1.807, 2.05) is 34.9 Å². The van der Waals surface area contributed by atoms with Gasteiger partial charge in [-0.05, 0) is 32.6 Å². The summed E-state index contributed by atoms with van der Waals surface area (Å²) in [5.41, 5.74) is 9.80. The fourth-order valence-electron chi connectivity index (χ4n) is 2.78. The van der Waals surface area contributed by atoms with Crippen LogP contribution in [0.1, 0.15) is 45.2 Å². The van der Waals surface area contributed by atoms with Crippen LogP contribution >= 0.6 is 0 Å². The van der Waals surface area contributed by atoms with Crippen LogP contribution in [0, 0.1) is 0 Å². The Balaban J connectivity index is 2.34. The van der Waals surface area contributed by atoms with E-state index in [0.717, 1.165) is 29.8 Å². The molecule has 0 fully saturated rings. The fourth-order valence-corrected chi connectivity index (χ4v) is 2.78. The minimum Gasteiger partial charge on any atom is -0.368 e. The Hall–Kier alpha value is -2.36. The first-order valence-corrected chi connectivity index (χ1v) is 8.01. The van der Waals surface area contributed by atoms with Crippen molar-refractivity contribution >= 4 is 5.91 Å². The third-order valence-electron chi connectivity index (χ3n) is 3.87. The topological polar surface area (TPSA) is 60.9 Å². The molecular weight excluding hydrogens is 286 g/mol. The zero-order chi connectivity index (χ0) is 16.8. The van der Waals surface area contributed by atoms with Crippen LogP contribution in [0.5, 0.6) is 0 Å². The number of nitrogens with two attached hydrogens (primary N) is 1. The molecule has 0 saturated carbocycles. The lowest BCUT2D eigenvalue weighted by Crippen LogP contribution is -2.20. The number of carbonyl (C=O) groups excluding carboxylic acids is 1. The molecule has 23 heavy (non-hydrogen) atoms. The highest BCUT2D eigenvalue weighted by Gasteiger charge is 2.19. The van der Waals surface area contributed by atoms with E-state index in [-0.39, 0.29) is 12.5 Å². The molecular formula is C19H25N3O. The summed E-state index contributed by atoms with van der Waals surface area (Å²) in [5, 5.41) is 0. The molecule has 122 valence electrons. The van der Waals surface area contributed by atoms with Crippen LogP contribution in [0.3, 0.4) is 0 Å². The number of hydrogen-bond acceptors (Lipinski definition) is 2. The number of hydrogen-bond donors (Lipinski definition) is 1. The highest BCUT2D eigenvalue weighted by atomic mass is 16.1. The standard InChI is InChI=1S/C19H25N3O/c1-14(2)8-7-9-15(3)19-18(16-10-5-4-6-11-16)21-13-22(19)12-17(20)23/h4-6,8,10-11,13,15H,7,9,12H2,1-3H3,(H2,20,23). The molecule has 0 bridgehead atoms. The molecule has 1 aromatic carbocycles. The summed E-state index contributed by atoms with van der Waals surface area (Å²) in [6.07, 6.45) is 5.99. The lowest BCUT2D eigenvalue weighted by Gasteiger charge is -2.16. The van der Waals surface area contributed by atoms with Gasteiger partial charge in [0.1, 0.15) is 6.54 Å². The number of amides is 1. The Morgan fingerprint density at radius 2 is 2.00 bits per heavy atom. The van der Waals surface area contributed by atoms with Crippen molar-refractivity contribution in [2.45, 2.75) is 46.1 Å². The first-order valence-electron chi connectivity index (χ1n) is 8.01. The second-order valence-corrected chi connectivity index (χ2v) is 6.20. The Labute approximate surface area is 138 Å². The number of rotatable bonds is 7. The molecule has 0 aliphatic heterocycles. The number of imidazole rings is 1. The van der Waals surface area contributed by atoms with Crippen molar-refractivity contribution in [1.29, 1.82) is 0 Å². The van der Waals surface area contributed by atoms with E-state index in [1.54, 1.807) is 6.33 Å². The number of benzene rings is 1. The molecule has 4 heteroatoms. The molecule has 2 N–H and O–H groups in total. The van der Waals surface area contributed by atoms with Crippen molar-refractivity contribution in [2.75, 3.05) is 0 Å². The first-order chi connectivity index (χ1) is 11.0. The van der Waals surface area contributed by atoms with E-state index in [4.69, 9.17) is 5.73 Å². The Morgan fingerprint density at radius 3 is 2.61 bits per heavy atom. The number of nitrogens with zero attached hydrogens (tertiary/aromatic N) is 2. The summed E-state index contributed by atoms with van der Waals surface area (Å²) >= 11 is 0. The minimum absolute atomic E-state index is 0.169. The molecule has 0 radical (unpaired) electrons. The van der Waals surface area contributed by atoms with Gasteiger partial charge in [0.15, 0.2) is 0 Å². The van der Waals surface area contributed by atoms with Gasteiger partial charge in [0.2, 0.25) is 5.91 Å². The van der Waals surface area contributed by atoms with Crippen molar-refractivity contribution < 1.29 is 4.79 Å². The van der Waals surface area contributed by atoms with Gasteiger partial charge in [-0.15, -0.1) is 0 Å². The summed E-state index contributed by atoms with van der Waals surface area (Å²) in [7, 11) is 0. The molecule has 4 nitrogen and oxygen atoms in total. The van der Waals surface area contributed by atoms with Crippen LogP contribution in [-0.4, -0.2) is 15.5 Å². The van der Waals surface area contributed by atoms with Crippen LogP contribution in [0.4, 0.5) is 0 Å². The maximum atomic E-state index is 11.4. The molecule has 2 aromatic rings. The molecule has 1 heterocycles. The molecule has 2 rings (SSSR count). The van der Waals surface area contributed by atoms with E-state index in [2.05, 4.69) is 31.8 Å². The predicted octanol–water partition coefficient (Wildman–Crippen LogP) is 3.89. The van der Waals surface area contributed by atoms with Gasteiger partial charge >= 0.3 is 0 Å². The van der Waals surface area contributed by atoms with E-state index in [0.29, 0.717) is 5.92 Å². The molecule has 1 amide bonds. The molecule has 1 unspecified atom stereocenters. The molecule has 1 atom stereocenters. The smallest absolute Gasteiger partial charge is 0.237 e. The van der Waals surface area contributed by atoms with Gasteiger partial charge in [-0.3, -0.25) is 4.79 Å². The van der Waals surface area contributed by atoms with Gasteiger partial charge in [-0.25, -0.2) is 4.98 Å². The second-order valence-electron chi connectivity index (χ2n) is 6.20. The average molecular weight is 311 g/mol.